The second-order valence-corrected chi connectivity index (χ2v) is 14.0. The molecule has 3 heteroatoms. The van der Waals surface area contributed by atoms with Gasteiger partial charge in [-0.2, -0.15) is 0 Å². The minimum atomic E-state index is -0.548. The smallest absolute Gasteiger partial charge is 0.161 e. The summed E-state index contributed by atoms with van der Waals surface area (Å²) in [4.78, 5) is 10.7. The fourth-order valence-corrected chi connectivity index (χ4v) is 8.91. The van der Waals surface area contributed by atoms with Gasteiger partial charge in [0.05, 0.1) is 16.8 Å². The zero-order chi connectivity index (χ0) is 35.6. The van der Waals surface area contributed by atoms with Gasteiger partial charge in [0, 0.05) is 33.4 Å². The average molecular weight is 689 g/mol. The highest BCUT2D eigenvalue weighted by Crippen LogP contribution is 2.63. The van der Waals surface area contributed by atoms with Crippen molar-refractivity contribution < 1.29 is 4.74 Å². The first-order valence-electron chi connectivity index (χ1n) is 18.4. The normalized spacial score (nSPS) is 13.1. The van der Waals surface area contributed by atoms with Crippen LogP contribution in [0.1, 0.15) is 22.3 Å². The van der Waals surface area contributed by atoms with E-state index < -0.39 is 5.41 Å². The first kappa shape index (κ1) is 30.5. The third-order valence-corrected chi connectivity index (χ3v) is 11.2. The summed E-state index contributed by atoms with van der Waals surface area (Å²) in [6, 6.07) is 68.7. The Bertz CT molecular complexity index is 2880. The molecule has 0 atom stereocenters. The van der Waals surface area contributed by atoms with Gasteiger partial charge in [-0.15, -0.1) is 0 Å². The Labute approximate surface area is 313 Å². The zero-order valence-corrected chi connectivity index (χ0v) is 29.3. The van der Waals surface area contributed by atoms with Crippen LogP contribution in [0.4, 0.5) is 0 Å². The molecule has 0 N–H and O–H groups in total. The lowest BCUT2D eigenvalue weighted by Gasteiger charge is -2.40. The Morgan fingerprint density at radius 1 is 0.370 bits per heavy atom. The molecule has 252 valence electrons. The molecule has 0 bridgehead atoms. The van der Waals surface area contributed by atoms with Crippen LogP contribution >= 0.6 is 0 Å². The van der Waals surface area contributed by atoms with Crippen LogP contribution in [0.2, 0.25) is 0 Å². The number of hydrogen-bond acceptors (Lipinski definition) is 3. The van der Waals surface area contributed by atoms with Gasteiger partial charge in [0.1, 0.15) is 11.5 Å². The van der Waals surface area contributed by atoms with Crippen molar-refractivity contribution >= 4 is 10.8 Å². The maximum absolute atomic E-state index is 7.06. The van der Waals surface area contributed by atoms with E-state index in [4.69, 9.17) is 14.7 Å². The Balaban J connectivity index is 1.17. The molecule has 54 heavy (non-hydrogen) atoms. The molecule has 11 rings (SSSR count). The highest BCUT2D eigenvalue weighted by Gasteiger charge is 2.51. The van der Waals surface area contributed by atoms with Crippen molar-refractivity contribution in [2.75, 3.05) is 0 Å². The lowest BCUT2D eigenvalue weighted by molar-refractivity contribution is 0.438. The molecule has 2 heterocycles. The fraction of sp³-hybridized carbons (Fsp3) is 0.0196. The molecule has 1 aromatic heterocycles. The summed E-state index contributed by atoms with van der Waals surface area (Å²) < 4.78 is 7.06. The highest BCUT2D eigenvalue weighted by atomic mass is 16.5. The van der Waals surface area contributed by atoms with Gasteiger partial charge in [0.15, 0.2) is 5.82 Å². The molecular formula is C51H32N2O. The van der Waals surface area contributed by atoms with Crippen molar-refractivity contribution in [2.45, 2.75) is 5.41 Å². The number of hydrogen-bond donors (Lipinski definition) is 0. The Morgan fingerprint density at radius 3 is 1.70 bits per heavy atom. The van der Waals surface area contributed by atoms with Gasteiger partial charge in [0.2, 0.25) is 0 Å². The molecule has 1 aliphatic heterocycles. The summed E-state index contributed by atoms with van der Waals surface area (Å²) >= 11 is 0. The average Bonchev–Trinajstić information content (AvgIpc) is 3.54. The van der Waals surface area contributed by atoms with Crippen molar-refractivity contribution in [3.63, 3.8) is 0 Å². The first-order valence-corrected chi connectivity index (χ1v) is 18.4. The van der Waals surface area contributed by atoms with E-state index in [1.165, 1.54) is 27.6 Å². The third-order valence-electron chi connectivity index (χ3n) is 11.2. The monoisotopic (exact) mass is 688 g/mol. The first-order chi connectivity index (χ1) is 26.8. The number of benzene rings is 8. The van der Waals surface area contributed by atoms with Crippen molar-refractivity contribution in [1.29, 1.82) is 0 Å². The molecule has 1 aliphatic carbocycles. The largest absolute Gasteiger partial charge is 0.456 e. The summed E-state index contributed by atoms with van der Waals surface area (Å²) in [5.41, 5.74) is 13.6. The number of fused-ring (bicyclic) bond motifs is 10. The molecule has 0 saturated carbocycles. The van der Waals surface area contributed by atoms with Crippen LogP contribution in [0.3, 0.4) is 0 Å². The molecular weight excluding hydrogens is 657 g/mol. The van der Waals surface area contributed by atoms with Gasteiger partial charge in [-0.25, -0.2) is 9.97 Å². The van der Waals surface area contributed by atoms with E-state index in [9.17, 15) is 0 Å². The molecule has 9 aromatic rings. The molecule has 2 aliphatic rings. The quantitative estimate of drug-likeness (QED) is 0.185. The SMILES string of the molecule is c1ccc(-c2cc(-c3cccc4ccccc34)nc(-c3ccccc3-c3cccc4c3Oc3ccccc3C43c4ccccc4-c4ccccc43)n2)cc1. The van der Waals surface area contributed by atoms with Crippen molar-refractivity contribution in [2.24, 2.45) is 0 Å². The molecule has 3 nitrogen and oxygen atoms in total. The summed E-state index contributed by atoms with van der Waals surface area (Å²) in [5, 5.41) is 2.33. The lowest BCUT2D eigenvalue weighted by Crippen LogP contribution is -2.32. The number of rotatable bonds is 4. The fourth-order valence-electron chi connectivity index (χ4n) is 8.91. The van der Waals surface area contributed by atoms with E-state index in [1.54, 1.807) is 0 Å². The number of ether oxygens (including phenoxy) is 1. The lowest BCUT2D eigenvalue weighted by atomic mass is 9.65. The van der Waals surface area contributed by atoms with Crippen LogP contribution in [0.15, 0.2) is 194 Å². The van der Waals surface area contributed by atoms with Crippen LogP contribution in [0, 0.1) is 0 Å². The van der Waals surface area contributed by atoms with Gasteiger partial charge in [-0.3, -0.25) is 0 Å². The topological polar surface area (TPSA) is 35.0 Å². The molecule has 0 saturated heterocycles. The second-order valence-electron chi connectivity index (χ2n) is 14.0. The van der Waals surface area contributed by atoms with Gasteiger partial charge in [0.25, 0.3) is 0 Å². The van der Waals surface area contributed by atoms with E-state index in [-0.39, 0.29) is 0 Å². The predicted molar refractivity (Wildman–Crippen MR) is 219 cm³/mol. The summed E-state index contributed by atoms with van der Waals surface area (Å²) in [7, 11) is 0. The molecule has 0 fully saturated rings. The molecule has 0 amide bonds. The summed E-state index contributed by atoms with van der Waals surface area (Å²) in [6.45, 7) is 0. The zero-order valence-electron chi connectivity index (χ0n) is 29.3. The Kier molecular flexibility index (Phi) is 6.77. The van der Waals surface area contributed by atoms with Gasteiger partial charge >= 0.3 is 0 Å². The molecule has 1 spiro atoms. The second kappa shape index (κ2) is 12.0. The summed E-state index contributed by atoms with van der Waals surface area (Å²) in [5.74, 6) is 2.38. The van der Waals surface area contributed by atoms with Crippen LogP contribution in [-0.2, 0) is 5.41 Å². The summed E-state index contributed by atoms with van der Waals surface area (Å²) in [6.07, 6.45) is 0. The number of aromatic nitrogens is 2. The van der Waals surface area contributed by atoms with E-state index >= 15 is 0 Å². The molecule has 8 aromatic carbocycles. The van der Waals surface area contributed by atoms with Gasteiger partial charge < -0.3 is 4.74 Å². The minimum absolute atomic E-state index is 0.548. The van der Waals surface area contributed by atoms with E-state index in [2.05, 4.69) is 188 Å². The predicted octanol–water partition coefficient (Wildman–Crippen LogP) is 12.8. The molecule has 0 radical (unpaired) electrons. The van der Waals surface area contributed by atoms with Crippen molar-refractivity contribution in [1.82, 2.24) is 9.97 Å². The highest BCUT2D eigenvalue weighted by molar-refractivity contribution is 5.97. The van der Waals surface area contributed by atoms with Gasteiger partial charge in [-0.05, 0) is 50.7 Å². The maximum atomic E-state index is 7.06. The van der Waals surface area contributed by atoms with Gasteiger partial charge in [-0.1, -0.05) is 182 Å². The number of nitrogens with zero attached hydrogens (tertiary/aromatic N) is 2. The van der Waals surface area contributed by atoms with Crippen molar-refractivity contribution in [3.05, 3.63) is 216 Å². The van der Waals surface area contributed by atoms with E-state index in [0.29, 0.717) is 5.82 Å². The number of para-hydroxylation sites is 2. The van der Waals surface area contributed by atoms with Crippen LogP contribution in [-0.4, -0.2) is 9.97 Å². The van der Waals surface area contributed by atoms with Crippen molar-refractivity contribution in [3.8, 4) is 67.7 Å². The Morgan fingerprint density at radius 2 is 0.907 bits per heavy atom. The van der Waals surface area contributed by atoms with Crippen LogP contribution in [0.5, 0.6) is 11.5 Å². The minimum Gasteiger partial charge on any atom is -0.456 e. The van der Waals surface area contributed by atoms with E-state index in [0.717, 1.165) is 67.2 Å². The molecule has 0 unspecified atom stereocenters. The standard InChI is InChI=1S/C51H32N2O/c1-2-17-34(18-3-1)46-32-47(39-25-14-19-33-16-4-5-20-35(33)39)53-50(52-46)41-24-7-6-21-36(41)40-26-15-30-45-49(40)54-48-31-13-12-29-44(48)51(45)42-27-10-8-22-37(42)38-23-9-11-28-43(38)51/h1-32H. The van der Waals surface area contributed by atoms with Crippen LogP contribution < -0.4 is 4.74 Å². The van der Waals surface area contributed by atoms with E-state index in [1.807, 2.05) is 6.07 Å². The maximum Gasteiger partial charge on any atom is 0.161 e. The third kappa shape index (κ3) is 4.42. The van der Waals surface area contributed by atoms with Crippen LogP contribution in [0.25, 0.3) is 66.9 Å². The Hall–Kier alpha value is -7.10.